The number of esters is 1. The number of rotatable bonds is 7. The molecule has 0 radical (unpaired) electrons. The van der Waals surface area contributed by atoms with Gasteiger partial charge in [-0.15, -0.1) is 0 Å². The molecule has 1 aliphatic rings. The van der Waals surface area contributed by atoms with Gasteiger partial charge in [0, 0.05) is 13.0 Å². The number of ether oxygens (including phenoxy) is 2. The maximum absolute atomic E-state index is 12.3. The van der Waals surface area contributed by atoms with Crippen LogP contribution >= 0.6 is 0 Å². The van der Waals surface area contributed by atoms with Gasteiger partial charge in [0.05, 0.1) is 30.9 Å². The Bertz CT molecular complexity index is 883. The topological polar surface area (TPSA) is 139 Å². The molecule has 0 saturated heterocycles. The summed E-state index contributed by atoms with van der Waals surface area (Å²) < 4.78 is 9.79. The van der Waals surface area contributed by atoms with Crippen molar-refractivity contribution in [1.82, 2.24) is 10.6 Å². The van der Waals surface area contributed by atoms with Gasteiger partial charge < -0.3 is 24.9 Å². The average molecular weight is 430 g/mol. The summed E-state index contributed by atoms with van der Waals surface area (Å²) in [4.78, 5) is 41.4. The molecule has 0 fully saturated rings. The predicted molar refractivity (Wildman–Crippen MR) is 110 cm³/mol. The normalized spacial score (nSPS) is 16.2. The molecular weight excluding hydrogens is 404 g/mol. The van der Waals surface area contributed by atoms with Gasteiger partial charge in [-0.25, -0.2) is 9.59 Å². The van der Waals surface area contributed by atoms with E-state index in [0.29, 0.717) is 17.7 Å². The van der Waals surface area contributed by atoms with Crippen molar-refractivity contribution in [3.8, 4) is 6.07 Å². The van der Waals surface area contributed by atoms with Crippen LogP contribution in [-0.2, 0) is 23.9 Å². The number of benzene rings is 1. The van der Waals surface area contributed by atoms with Gasteiger partial charge in [-0.2, -0.15) is 5.26 Å². The van der Waals surface area contributed by atoms with Crippen molar-refractivity contribution < 1.29 is 28.7 Å². The molecule has 1 aromatic rings. The number of nitrogens with zero attached hydrogens (tertiary/aromatic N) is 2. The van der Waals surface area contributed by atoms with Crippen LogP contribution in [0.15, 0.2) is 29.4 Å². The Kier molecular flexibility index (Phi) is 7.96. The highest BCUT2D eigenvalue weighted by atomic mass is 16.6. The van der Waals surface area contributed by atoms with Crippen molar-refractivity contribution in [3.05, 3.63) is 35.4 Å². The third kappa shape index (κ3) is 7.62. The Hall–Kier alpha value is -3.61. The molecule has 10 heteroatoms. The Morgan fingerprint density at radius 1 is 1.29 bits per heavy atom. The van der Waals surface area contributed by atoms with Gasteiger partial charge in [0.1, 0.15) is 17.7 Å². The Balaban J connectivity index is 1.83. The summed E-state index contributed by atoms with van der Waals surface area (Å²) in [6, 6.07) is 7.85. The van der Waals surface area contributed by atoms with Crippen LogP contribution in [0.5, 0.6) is 0 Å². The lowest BCUT2D eigenvalue weighted by Crippen LogP contribution is -2.50. The van der Waals surface area contributed by atoms with Gasteiger partial charge in [0.15, 0.2) is 0 Å². The molecule has 0 bridgehead atoms. The fourth-order valence-electron chi connectivity index (χ4n) is 2.73. The van der Waals surface area contributed by atoms with E-state index in [0.717, 1.165) is 5.56 Å². The van der Waals surface area contributed by atoms with Crippen LogP contribution in [0.2, 0.25) is 0 Å². The zero-order chi connectivity index (χ0) is 23.0. The summed E-state index contributed by atoms with van der Waals surface area (Å²) in [5.74, 6) is -1.09. The first-order chi connectivity index (χ1) is 14.6. The lowest BCUT2D eigenvalue weighted by Gasteiger charge is -2.22. The van der Waals surface area contributed by atoms with Crippen molar-refractivity contribution in [3.63, 3.8) is 0 Å². The largest absolute Gasteiger partial charge is 0.467 e. The predicted octanol–water partition coefficient (Wildman–Crippen LogP) is 1.62. The third-order valence-electron chi connectivity index (χ3n) is 4.17. The van der Waals surface area contributed by atoms with E-state index >= 15 is 0 Å². The summed E-state index contributed by atoms with van der Waals surface area (Å²) in [6.07, 6.45) is -0.808. The summed E-state index contributed by atoms with van der Waals surface area (Å²) in [5.41, 5.74) is 1.30. The van der Waals surface area contributed by atoms with Gasteiger partial charge in [-0.3, -0.25) is 4.79 Å². The second-order valence-electron chi connectivity index (χ2n) is 7.89. The van der Waals surface area contributed by atoms with E-state index < -0.39 is 29.8 Å². The highest BCUT2D eigenvalue weighted by molar-refractivity contribution is 6.01. The summed E-state index contributed by atoms with van der Waals surface area (Å²) in [7, 11) is 1.18. The number of carbonyl (C=O) groups is 3. The lowest BCUT2D eigenvalue weighted by atomic mass is 10.0. The minimum Gasteiger partial charge on any atom is -0.467 e. The van der Waals surface area contributed by atoms with Crippen molar-refractivity contribution in [2.75, 3.05) is 13.7 Å². The van der Waals surface area contributed by atoms with Crippen LogP contribution in [0, 0.1) is 11.3 Å². The first-order valence-electron chi connectivity index (χ1n) is 9.68. The zero-order valence-corrected chi connectivity index (χ0v) is 17.9. The maximum Gasteiger partial charge on any atom is 0.408 e. The lowest BCUT2D eigenvalue weighted by molar-refractivity contribution is -0.143. The molecule has 1 aromatic carbocycles. The number of amides is 2. The average Bonchev–Trinajstić information content (AvgIpc) is 3.17. The van der Waals surface area contributed by atoms with Crippen LogP contribution in [-0.4, -0.2) is 55.1 Å². The van der Waals surface area contributed by atoms with Crippen molar-refractivity contribution in [1.29, 1.82) is 5.26 Å². The van der Waals surface area contributed by atoms with Crippen molar-refractivity contribution in [2.45, 2.75) is 51.4 Å². The van der Waals surface area contributed by atoms with E-state index in [1.165, 1.54) is 7.11 Å². The highest BCUT2D eigenvalue weighted by Gasteiger charge is 2.28. The van der Waals surface area contributed by atoms with Gasteiger partial charge in [0.2, 0.25) is 5.91 Å². The summed E-state index contributed by atoms with van der Waals surface area (Å²) in [5, 5.41) is 17.8. The number of nitriles is 1. The fourth-order valence-corrected chi connectivity index (χ4v) is 2.73. The number of oxime groups is 1. The summed E-state index contributed by atoms with van der Waals surface area (Å²) in [6.45, 7) is 4.91. The quantitative estimate of drug-likeness (QED) is 0.627. The SMILES string of the molecule is COC(=O)[C@H](CNC(=O)C[C@H]1CC(c2ccc(C#N)cc2)=NO1)NC(=O)OC(C)(C)C. The molecule has 1 aliphatic heterocycles. The molecule has 0 saturated carbocycles. The van der Waals surface area contributed by atoms with Gasteiger partial charge in [-0.05, 0) is 38.5 Å². The van der Waals surface area contributed by atoms with Crippen LogP contribution in [0.4, 0.5) is 4.79 Å². The molecule has 10 nitrogen and oxygen atoms in total. The molecule has 0 unspecified atom stereocenters. The van der Waals surface area contributed by atoms with E-state index in [1.807, 2.05) is 6.07 Å². The molecule has 2 amide bonds. The van der Waals surface area contributed by atoms with Crippen molar-refractivity contribution >= 4 is 23.7 Å². The zero-order valence-electron chi connectivity index (χ0n) is 17.9. The van der Waals surface area contributed by atoms with E-state index in [9.17, 15) is 14.4 Å². The standard InChI is InChI=1S/C21H26N4O6/c1-21(2,3)30-20(28)24-17(19(27)29-4)12-23-18(26)10-15-9-16(25-31-15)14-7-5-13(11-22)6-8-14/h5-8,15,17H,9-10,12H2,1-4H3,(H,23,26)(H,24,28)/t15-,17+/m1/s1. The number of hydrogen-bond donors (Lipinski definition) is 2. The molecule has 0 aliphatic carbocycles. The summed E-state index contributed by atoms with van der Waals surface area (Å²) >= 11 is 0. The molecule has 31 heavy (non-hydrogen) atoms. The van der Waals surface area contributed by atoms with Gasteiger partial charge in [0.25, 0.3) is 0 Å². The van der Waals surface area contributed by atoms with Crippen LogP contribution in [0.1, 0.15) is 44.7 Å². The number of carbonyl (C=O) groups excluding carboxylic acids is 3. The van der Waals surface area contributed by atoms with Gasteiger partial charge in [-0.1, -0.05) is 17.3 Å². The van der Waals surface area contributed by atoms with E-state index in [1.54, 1.807) is 45.0 Å². The first-order valence-corrected chi connectivity index (χ1v) is 9.68. The smallest absolute Gasteiger partial charge is 0.408 e. The molecule has 0 spiro atoms. The Labute approximate surface area is 180 Å². The van der Waals surface area contributed by atoms with Gasteiger partial charge >= 0.3 is 12.1 Å². The van der Waals surface area contributed by atoms with E-state index in [2.05, 4.69) is 20.5 Å². The molecular formula is C21H26N4O6. The molecule has 2 atom stereocenters. The number of hydrogen-bond acceptors (Lipinski definition) is 8. The molecule has 166 valence electrons. The van der Waals surface area contributed by atoms with E-state index in [-0.39, 0.29) is 18.9 Å². The second-order valence-corrected chi connectivity index (χ2v) is 7.89. The first kappa shape index (κ1) is 23.7. The number of alkyl carbamates (subject to hydrolysis) is 1. The minimum absolute atomic E-state index is 0.0175. The number of methoxy groups -OCH3 is 1. The second kappa shape index (κ2) is 10.4. The molecule has 2 N–H and O–H groups in total. The van der Waals surface area contributed by atoms with Crippen molar-refractivity contribution in [2.24, 2.45) is 5.16 Å². The molecule has 2 rings (SSSR count). The fraction of sp³-hybridized carbons (Fsp3) is 0.476. The highest BCUT2D eigenvalue weighted by Crippen LogP contribution is 2.19. The number of nitrogens with one attached hydrogen (secondary N) is 2. The monoisotopic (exact) mass is 430 g/mol. The van der Waals surface area contributed by atoms with Crippen LogP contribution < -0.4 is 10.6 Å². The molecule has 1 heterocycles. The van der Waals surface area contributed by atoms with E-state index in [4.69, 9.17) is 14.8 Å². The van der Waals surface area contributed by atoms with Crippen LogP contribution in [0.3, 0.4) is 0 Å². The Morgan fingerprint density at radius 3 is 2.55 bits per heavy atom. The molecule has 0 aromatic heterocycles. The maximum atomic E-state index is 12.3. The minimum atomic E-state index is -1.10. The van der Waals surface area contributed by atoms with Crippen LogP contribution in [0.25, 0.3) is 0 Å². The Morgan fingerprint density at radius 2 is 1.97 bits per heavy atom. The third-order valence-corrected chi connectivity index (χ3v) is 4.17.